The van der Waals surface area contributed by atoms with E-state index in [0.717, 1.165) is 107 Å². The molecule has 5 fully saturated rings. The number of anilines is 4. The maximum atomic E-state index is 13.5. The molecular formula is C47H53F3N10O5. The molecule has 0 saturated carbocycles. The fraction of sp³-hybridized carbons (Fsp3) is 0.511. The van der Waals surface area contributed by atoms with Crippen LogP contribution < -0.4 is 25.3 Å². The van der Waals surface area contributed by atoms with Crippen molar-refractivity contribution >= 4 is 52.4 Å². The molecule has 0 spiro atoms. The van der Waals surface area contributed by atoms with Gasteiger partial charge in [-0.15, -0.1) is 0 Å². The highest BCUT2D eigenvalue weighted by Crippen LogP contribution is 2.36. The summed E-state index contributed by atoms with van der Waals surface area (Å²) < 4.78 is 40.5. The average Bonchev–Trinajstić information content (AvgIpc) is 3.88. The maximum Gasteiger partial charge on any atom is 0.417 e. The van der Waals surface area contributed by atoms with E-state index in [4.69, 9.17) is 5.26 Å². The van der Waals surface area contributed by atoms with E-state index in [1.807, 2.05) is 23.1 Å². The molecule has 7 heterocycles. The van der Waals surface area contributed by atoms with E-state index in [-0.39, 0.29) is 24.7 Å². The number of rotatable bonds is 10. The molecule has 5 saturated heterocycles. The highest BCUT2D eigenvalue weighted by atomic mass is 19.4. The van der Waals surface area contributed by atoms with Crippen LogP contribution in [0.15, 0.2) is 54.7 Å². The van der Waals surface area contributed by atoms with E-state index in [1.165, 1.54) is 12.1 Å². The molecule has 9 rings (SSSR count). The smallest absolute Gasteiger partial charge is 0.371 e. The summed E-state index contributed by atoms with van der Waals surface area (Å²) in [6.45, 7) is 10.7. The summed E-state index contributed by atoms with van der Waals surface area (Å²) in [4.78, 5) is 80.9. The van der Waals surface area contributed by atoms with Crippen LogP contribution in [-0.2, 0) is 20.6 Å². The molecule has 2 N–H and O–H groups in total. The number of nitrogens with one attached hydrogen (secondary N) is 2. The number of amides is 5. The Kier molecular flexibility index (Phi) is 12.5. The standard InChI is InChI=1S/C47H53F3N10O5/c48-47(49,50)39-24-35(2-1-33(39)25-51)57-17-12-32(13-18-57)43(62)53-41-7-4-36(26-52-41)58-14-9-30(10-15-58)27-55-19-21-56(22-20-55)28-31-11-16-59(29-31)34-3-5-37-38(23-34)46(65)60(45(37)64)40-6-8-42(61)54-44(40)63/h1-5,7,23-24,26,30-32,40H,6,8-22,27-29H2,(H,52,53,62)(H,54,61,63)/t31-,40?/m0/s1. The first kappa shape index (κ1) is 44.2. The molecule has 0 radical (unpaired) electrons. The van der Waals surface area contributed by atoms with Gasteiger partial charge >= 0.3 is 6.18 Å². The van der Waals surface area contributed by atoms with Crippen molar-refractivity contribution in [2.45, 2.75) is 57.2 Å². The van der Waals surface area contributed by atoms with Gasteiger partial charge in [0.25, 0.3) is 11.8 Å². The predicted octanol–water partition coefficient (Wildman–Crippen LogP) is 4.59. The molecule has 65 heavy (non-hydrogen) atoms. The second-order valence-corrected chi connectivity index (χ2v) is 18.3. The van der Waals surface area contributed by atoms with Crippen molar-refractivity contribution in [1.82, 2.24) is 25.0 Å². The first-order valence-corrected chi connectivity index (χ1v) is 22.7. The number of aromatic nitrogens is 1. The van der Waals surface area contributed by atoms with Gasteiger partial charge in [0.15, 0.2) is 0 Å². The minimum absolute atomic E-state index is 0.0880. The fourth-order valence-electron chi connectivity index (χ4n) is 10.5. The van der Waals surface area contributed by atoms with E-state index >= 15 is 0 Å². The quantitative estimate of drug-likeness (QED) is 0.273. The molecule has 0 bridgehead atoms. The lowest BCUT2D eigenvalue weighted by Crippen LogP contribution is -2.54. The highest BCUT2D eigenvalue weighted by molar-refractivity contribution is 6.23. The summed E-state index contributed by atoms with van der Waals surface area (Å²) in [6.07, 6.45) is 1.60. The minimum Gasteiger partial charge on any atom is -0.371 e. The van der Waals surface area contributed by atoms with Gasteiger partial charge in [0.1, 0.15) is 11.9 Å². The Bertz CT molecular complexity index is 2370. The fourth-order valence-corrected chi connectivity index (χ4v) is 10.5. The van der Waals surface area contributed by atoms with Gasteiger partial charge in [-0.25, -0.2) is 4.98 Å². The van der Waals surface area contributed by atoms with E-state index in [9.17, 15) is 37.1 Å². The highest BCUT2D eigenvalue weighted by Gasteiger charge is 2.45. The normalized spacial score (nSPS) is 22.9. The van der Waals surface area contributed by atoms with Gasteiger partial charge in [-0.1, -0.05) is 0 Å². The van der Waals surface area contributed by atoms with Crippen LogP contribution >= 0.6 is 0 Å². The molecule has 5 amide bonds. The SMILES string of the molecule is N#Cc1ccc(N2CCC(C(=O)Nc3ccc(N4CCC(CN5CCN(C[C@@H]6CCN(c7ccc8c(c7)C(=O)N(C7CCC(=O)NC7=O)C8=O)C6)CC5)CC4)cn3)CC2)cc1C(F)(F)F. The third-order valence-corrected chi connectivity index (χ3v) is 14.2. The second kappa shape index (κ2) is 18.4. The molecule has 3 aromatic rings. The number of nitriles is 1. The van der Waals surface area contributed by atoms with Gasteiger partial charge in [-0.05, 0) is 98.9 Å². The zero-order valence-electron chi connectivity index (χ0n) is 36.2. The number of carbonyl (C=O) groups is 5. The van der Waals surface area contributed by atoms with Crippen LogP contribution in [0.25, 0.3) is 0 Å². The maximum absolute atomic E-state index is 13.5. The zero-order valence-corrected chi connectivity index (χ0v) is 36.2. The number of carbonyl (C=O) groups excluding carboxylic acids is 5. The number of hydrogen-bond acceptors (Lipinski definition) is 12. The average molecular weight is 895 g/mol. The Morgan fingerprint density at radius 1 is 0.723 bits per heavy atom. The summed E-state index contributed by atoms with van der Waals surface area (Å²) in [7, 11) is 0. The van der Waals surface area contributed by atoms with Crippen LogP contribution in [-0.4, -0.2) is 134 Å². The van der Waals surface area contributed by atoms with Gasteiger partial charge in [-0.2, -0.15) is 18.4 Å². The van der Waals surface area contributed by atoms with Crippen LogP contribution in [0.4, 0.5) is 36.1 Å². The van der Waals surface area contributed by atoms with Crippen molar-refractivity contribution in [3.8, 4) is 6.07 Å². The van der Waals surface area contributed by atoms with Crippen molar-refractivity contribution in [3.05, 3.63) is 77.0 Å². The lowest BCUT2D eigenvalue weighted by Gasteiger charge is -2.40. The van der Waals surface area contributed by atoms with Crippen LogP contribution in [0, 0.1) is 29.1 Å². The number of nitrogens with zero attached hydrogens (tertiary/aromatic N) is 8. The lowest BCUT2D eigenvalue weighted by atomic mass is 9.95. The summed E-state index contributed by atoms with van der Waals surface area (Å²) >= 11 is 0. The molecule has 2 aromatic carbocycles. The monoisotopic (exact) mass is 894 g/mol. The van der Waals surface area contributed by atoms with Crippen LogP contribution in [0.3, 0.4) is 0 Å². The van der Waals surface area contributed by atoms with Gasteiger partial charge in [0, 0.05) is 102 Å². The zero-order chi connectivity index (χ0) is 45.4. The topological polar surface area (TPSA) is 166 Å². The number of piperidine rings is 3. The first-order chi connectivity index (χ1) is 31.3. The molecule has 2 atom stereocenters. The number of pyridine rings is 1. The molecule has 1 unspecified atom stereocenters. The molecule has 1 aromatic heterocycles. The predicted molar refractivity (Wildman–Crippen MR) is 235 cm³/mol. The van der Waals surface area contributed by atoms with Gasteiger partial charge in [-0.3, -0.25) is 34.2 Å². The molecule has 342 valence electrons. The summed E-state index contributed by atoms with van der Waals surface area (Å²) in [5.74, 6) is -0.833. The Balaban J connectivity index is 0.672. The van der Waals surface area contributed by atoms with Crippen LogP contribution in [0.2, 0.25) is 0 Å². The molecule has 6 aliphatic rings. The van der Waals surface area contributed by atoms with E-state index in [2.05, 4.69) is 35.2 Å². The molecule has 0 aliphatic carbocycles. The van der Waals surface area contributed by atoms with Crippen molar-refractivity contribution in [2.24, 2.45) is 17.8 Å². The van der Waals surface area contributed by atoms with E-state index < -0.39 is 47.0 Å². The number of halogens is 3. The van der Waals surface area contributed by atoms with Crippen molar-refractivity contribution in [2.75, 3.05) is 98.6 Å². The number of imide groups is 2. The summed E-state index contributed by atoms with van der Waals surface area (Å²) in [6, 6.07) is 13.6. The lowest BCUT2D eigenvalue weighted by molar-refractivity contribution is -0.138. The van der Waals surface area contributed by atoms with Gasteiger partial charge in [0.05, 0.1) is 40.2 Å². The molecule has 18 heteroatoms. The number of alkyl halides is 3. The second-order valence-electron chi connectivity index (χ2n) is 18.3. The van der Waals surface area contributed by atoms with Crippen molar-refractivity contribution < 1.29 is 37.1 Å². The third kappa shape index (κ3) is 9.53. The summed E-state index contributed by atoms with van der Waals surface area (Å²) in [5, 5.41) is 14.3. The Labute approximate surface area is 375 Å². The Hall–Kier alpha value is -6.06. The Morgan fingerprint density at radius 2 is 1.32 bits per heavy atom. The van der Waals surface area contributed by atoms with Crippen LogP contribution in [0.1, 0.15) is 76.8 Å². The Morgan fingerprint density at radius 3 is 1.98 bits per heavy atom. The third-order valence-electron chi connectivity index (χ3n) is 14.2. The van der Waals surface area contributed by atoms with E-state index in [0.29, 0.717) is 60.4 Å². The number of fused-ring (bicyclic) bond motifs is 1. The van der Waals surface area contributed by atoms with Crippen molar-refractivity contribution in [1.29, 1.82) is 5.26 Å². The summed E-state index contributed by atoms with van der Waals surface area (Å²) in [5.41, 5.74) is 1.56. The first-order valence-electron chi connectivity index (χ1n) is 22.7. The number of hydrogen-bond donors (Lipinski definition) is 2. The molecular weight excluding hydrogens is 842 g/mol. The van der Waals surface area contributed by atoms with Crippen molar-refractivity contribution in [3.63, 3.8) is 0 Å². The van der Waals surface area contributed by atoms with Gasteiger partial charge in [0.2, 0.25) is 17.7 Å². The van der Waals surface area contributed by atoms with Crippen LogP contribution in [0.5, 0.6) is 0 Å². The van der Waals surface area contributed by atoms with Gasteiger partial charge < -0.3 is 29.8 Å². The van der Waals surface area contributed by atoms with E-state index in [1.54, 1.807) is 24.4 Å². The largest absolute Gasteiger partial charge is 0.417 e. The molecule has 15 nitrogen and oxygen atoms in total. The number of piperazine rings is 1. The number of benzene rings is 2. The molecule has 6 aliphatic heterocycles. The minimum atomic E-state index is -4.62.